The van der Waals surface area contributed by atoms with Crippen LogP contribution in [0, 0.1) is 5.92 Å². The molecule has 0 aliphatic heterocycles. The molecule has 0 heterocycles. The number of aliphatic hydroxyl groups is 1. The van der Waals surface area contributed by atoms with Crippen LogP contribution in [0.4, 0.5) is 0 Å². The van der Waals surface area contributed by atoms with E-state index in [9.17, 15) is 13.5 Å². The van der Waals surface area contributed by atoms with Crippen LogP contribution >= 0.6 is 0 Å². The highest BCUT2D eigenvalue weighted by molar-refractivity contribution is 7.89. The topological polar surface area (TPSA) is 57.6 Å². The Balaban J connectivity index is 4.59. The number of nitrogens with zero attached hydrogens (tertiary/aromatic N) is 1. The van der Waals surface area contributed by atoms with Gasteiger partial charge in [-0.05, 0) is 32.6 Å². The van der Waals surface area contributed by atoms with E-state index < -0.39 is 15.3 Å². The first kappa shape index (κ1) is 15.9. The van der Waals surface area contributed by atoms with Gasteiger partial charge in [0.15, 0.2) is 0 Å². The van der Waals surface area contributed by atoms with E-state index in [1.165, 1.54) is 4.31 Å². The predicted octanol–water partition coefficient (Wildman–Crippen LogP) is 1.45. The summed E-state index contributed by atoms with van der Waals surface area (Å²) in [6.07, 6.45) is 1.62. The molecule has 0 aromatic carbocycles. The van der Waals surface area contributed by atoms with Gasteiger partial charge in [-0.25, -0.2) is 8.42 Å². The molecular formula is C11H25NO3S. The molecule has 0 aromatic rings. The van der Waals surface area contributed by atoms with Gasteiger partial charge < -0.3 is 5.11 Å². The summed E-state index contributed by atoms with van der Waals surface area (Å²) >= 11 is 0. The molecule has 0 spiro atoms. The van der Waals surface area contributed by atoms with Crippen molar-refractivity contribution >= 4 is 10.0 Å². The fourth-order valence-electron chi connectivity index (χ4n) is 1.45. The van der Waals surface area contributed by atoms with Crippen molar-refractivity contribution in [1.29, 1.82) is 0 Å². The van der Waals surface area contributed by atoms with Crippen molar-refractivity contribution in [2.45, 2.75) is 51.8 Å². The lowest BCUT2D eigenvalue weighted by Crippen LogP contribution is -2.42. The molecule has 0 aliphatic carbocycles. The van der Waals surface area contributed by atoms with Gasteiger partial charge in [-0.2, -0.15) is 4.31 Å². The summed E-state index contributed by atoms with van der Waals surface area (Å²) in [5.41, 5.74) is 0. The van der Waals surface area contributed by atoms with Gasteiger partial charge in [-0.3, -0.25) is 0 Å². The van der Waals surface area contributed by atoms with Crippen LogP contribution in [0.15, 0.2) is 0 Å². The maximum Gasteiger partial charge on any atom is 0.216 e. The van der Waals surface area contributed by atoms with E-state index >= 15 is 0 Å². The second-order valence-corrected chi connectivity index (χ2v) is 7.47. The quantitative estimate of drug-likeness (QED) is 0.745. The Morgan fingerprint density at radius 2 is 1.62 bits per heavy atom. The summed E-state index contributed by atoms with van der Waals surface area (Å²) in [7, 11) is -1.71. The van der Waals surface area contributed by atoms with E-state index in [0.29, 0.717) is 12.3 Å². The lowest BCUT2D eigenvalue weighted by atomic mass is 10.0. The van der Waals surface area contributed by atoms with Gasteiger partial charge in [0.25, 0.3) is 0 Å². The highest BCUT2D eigenvalue weighted by Crippen LogP contribution is 2.16. The molecule has 1 N–H and O–H groups in total. The van der Waals surface area contributed by atoms with Crippen molar-refractivity contribution in [2.75, 3.05) is 13.7 Å². The smallest absolute Gasteiger partial charge is 0.216 e. The van der Waals surface area contributed by atoms with E-state index in [4.69, 9.17) is 0 Å². The zero-order valence-electron chi connectivity index (χ0n) is 11.0. The number of rotatable bonds is 7. The highest BCUT2D eigenvalue weighted by Gasteiger charge is 2.28. The van der Waals surface area contributed by atoms with Gasteiger partial charge in [0.2, 0.25) is 10.0 Å². The molecular weight excluding hydrogens is 226 g/mol. The molecule has 4 nitrogen and oxygen atoms in total. The van der Waals surface area contributed by atoms with Gasteiger partial charge in [-0.1, -0.05) is 13.8 Å². The molecule has 0 aromatic heterocycles. The maximum absolute atomic E-state index is 11.9. The first-order valence-electron chi connectivity index (χ1n) is 5.81. The zero-order valence-corrected chi connectivity index (χ0v) is 11.8. The number of likely N-dealkylation sites (N-methyl/N-ethyl adjacent to an activating group) is 1. The van der Waals surface area contributed by atoms with E-state index in [1.54, 1.807) is 20.9 Å². The Morgan fingerprint density at radius 1 is 1.12 bits per heavy atom. The van der Waals surface area contributed by atoms with Crippen molar-refractivity contribution in [3.63, 3.8) is 0 Å². The van der Waals surface area contributed by atoms with Gasteiger partial charge in [0.05, 0.1) is 11.9 Å². The monoisotopic (exact) mass is 251 g/mol. The molecule has 0 bridgehead atoms. The molecule has 0 radical (unpaired) electrons. The van der Waals surface area contributed by atoms with Crippen LogP contribution < -0.4 is 0 Å². The molecule has 16 heavy (non-hydrogen) atoms. The molecule has 98 valence electrons. The number of aliphatic hydroxyl groups excluding tert-OH is 1. The zero-order chi connectivity index (χ0) is 12.9. The predicted molar refractivity (Wildman–Crippen MR) is 66.8 cm³/mol. The summed E-state index contributed by atoms with van der Waals surface area (Å²) in [4.78, 5) is 0. The first-order valence-corrected chi connectivity index (χ1v) is 7.31. The SMILES string of the molecule is CC(C)CC[C@H](CO)N(C)S(=O)(=O)C(C)C. The fourth-order valence-corrected chi connectivity index (χ4v) is 2.71. The number of hydrogen-bond acceptors (Lipinski definition) is 3. The van der Waals surface area contributed by atoms with Crippen LogP contribution in [0.3, 0.4) is 0 Å². The third-order valence-electron chi connectivity index (χ3n) is 2.80. The van der Waals surface area contributed by atoms with Gasteiger partial charge in [0.1, 0.15) is 0 Å². The largest absolute Gasteiger partial charge is 0.395 e. The second kappa shape index (κ2) is 6.57. The molecule has 0 saturated carbocycles. The van der Waals surface area contributed by atoms with Crippen LogP contribution in [0.1, 0.15) is 40.5 Å². The molecule has 0 fully saturated rings. The molecule has 5 heteroatoms. The fraction of sp³-hybridized carbons (Fsp3) is 1.00. The molecule has 0 amide bonds. The number of sulfonamides is 1. The third kappa shape index (κ3) is 4.39. The van der Waals surface area contributed by atoms with Crippen molar-refractivity contribution in [2.24, 2.45) is 5.92 Å². The Bertz CT molecular complexity index is 286. The third-order valence-corrected chi connectivity index (χ3v) is 5.09. The standard InChI is InChI=1S/C11H25NO3S/c1-9(2)6-7-11(8-13)12(5)16(14,15)10(3)4/h9-11,13H,6-8H2,1-5H3/t11-/m1/s1. The van der Waals surface area contributed by atoms with Crippen molar-refractivity contribution in [3.05, 3.63) is 0 Å². The van der Waals surface area contributed by atoms with Gasteiger partial charge >= 0.3 is 0 Å². The summed E-state index contributed by atoms with van der Waals surface area (Å²) < 4.78 is 25.1. The summed E-state index contributed by atoms with van der Waals surface area (Å²) in [5, 5.41) is 8.81. The maximum atomic E-state index is 11.9. The van der Waals surface area contributed by atoms with E-state index in [0.717, 1.165) is 6.42 Å². The van der Waals surface area contributed by atoms with Crippen molar-refractivity contribution in [3.8, 4) is 0 Å². The molecule has 0 aliphatic rings. The second-order valence-electron chi connectivity index (χ2n) is 4.92. The lowest BCUT2D eigenvalue weighted by Gasteiger charge is -2.28. The Morgan fingerprint density at radius 3 is 1.94 bits per heavy atom. The molecule has 1 atom stereocenters. The van der Waals surface area contributed by atoms with Gasteiger partial charge in [0, 0.05) is 13.1 Å². The lowest BCUT2D eigenvalue weighted by molar-refractivity contribution is 0.188. The summed E-state index contributed by atoms with van der Waals surface area (Å²) in [6.45, 7) is 7.37. The minimum absolute atomic E-state index is 0.116. The van der Waals surface area contributed by atoms with Crippen LogP contribution in [-0.4, -0.2) is 42.8 Å². The van der Waals surface area contributed by atoms with Crippen LogP contribution in [0.5, 0.6) is 0 Å². The van der Waals surface area contributed by atoms with Crippen molar-refractivity contribution < 1.29 is 13.5 Å². The average Bonchev–Trinajstić information content (AvgIpc) is 2.17. The highest BCUT2D eigenvalue weighted by atomic mass is 32.2. The Hall–Kier alpha value is -0.130. The van der Waals surface area contributed by atoms with Crippen molar-refractivity contribution in [1.82, 2.24) is 4.31 Å². The Kier molecular flexibility index (Phi) is 6.51. The van der Waals surface area contributed by atoms with E-state index in [1.807, 2.05) is 0 Å². The minimum atomic E-state index is -3.26. The van der Waals surface area contributed by atoms with E-state index in [2.05, 4.69) is 13.8 Å². The molecule has 0 saturated heterocycles. The number of hydrogen-bond donors (Lipinski definition) is 1. The minimum Gasteiger partial charge on any atom is -0.395 e. The summed E-state index contributed by atoms with van der Waals surface area (Å²) in [6, 6.07) is -0.296. The van der Waals surface area contributed by atoms with Gasteiger partial charge in [-0.15, -0.1) is 0 Å². The molecule has 0 rings (SSSR count). The van der Waals surface area contributed by atoms with Crippen LogP contribution in [-0.2, 0) is 10.0 Å². The van der Waals surface area contributed by atoms with Crippen LogP contribution in [0.25, 0.3) is 0 Å². The Labute approximate surface area is 99.7 Å². The normalized spacial score (nSPS) is 15.1. The van der Waals surface area contributed by atoms with Crippen LogP contribution in [0.2, 0.25) is 0 Å². The first-order chi connectivity index (χ1) is 7.23. The average molecular weight is 251 g/mol. The molecule has 0 unspecified atom stereocenters. The van der Waals surface area contributed by atoms with E-state index in [-0.39, 0.29) is 12.6 Å². The summed E-state index contributed by atoms with van der Waals surface area (Å²) in [5.74, 6) is 0.518.